The van der Waals surface area contributed by atoms with Gasteiger partial charge in [-0.2, -0.15) is 5.10 Å². The predicted molar refractivity (Wildman–Crippen MR) is 63.1 cm³/mol. The van der Waals surface area contributed by atoms with Crippen LogP contribution < -0.4 is 5.32 Å². The minimum absolute atomic E-state index is 0.781. The van der Waals surface area contributed by atoms with Gasteiger partial charge in [-0.25, -0.2) is 4.98 Å². The Morgan fingerprint density at radius 2 is 2.12 bits per heavy atom. The van der Waals surface area contributed by atoms with Gasteiger partial charge in [0.15, 0.2) is 0 Å². The van der Waals surface area contributed by atoms with Gasteiger partial charge in [-0.3, -0.25) is 4.68 Å². The lowest BCUT2D eigenvalue weighted by Crippen LogP contribution is -2.05. The van der Waals surface area contributed by atoms with E-state index in [9.17, 15) is 0 Å². The van der Waals surface area contributed by atoms with Gasteiger partial charge in [-0.1, -0.05) is 0 Å². The van der Waals surface area contributed by atoms with Crippen LogP contribution in [0.5, 0.6) is 0 Å². The molecule has 2 heterocycles. The number of imidazole rings is 1. The van der Waals surface area contributed by atoms with Crippen LogP contribution in [0, 0.1) is 0 Å². The van der Waals surface area contributed by atoms with Crippen LogP contribution >= 0.6 is 0 Å². The fourth-order valence-corrected chi connectivity index (χ4v) is 1.60. The summed E-state index contributed by atoms with van der Waals surface area (Å²) < 4.78 is 4.02. The molecule has 0 spiro atoms. The van der Waals surface area contributed by atoms with Crippen LogP contribution in [0.4, 0.5) is 5.69 Å². The Morgan fingerprint density at radius 1 is 1.25 bits per heavy atom. The molecule has 0 radical (unpaired) electrons. The number of hydrogen-bond donors (Lipinski definition) is 1. The zero-order valence-corrected chi connectivity index (χ0v) is 9.72. The third-order valence-corrected chi connectivity index (χ3v) is 2.57. The van der Waals surface area contributed by atoms with E-state index in [4.69, 9.17) is 0 Å². The van der Waals surface area contributed by atoms with E-state index in [1.54, 1.807) is 0 Å². The first-order chi connectivity index (χ1) is 7.83. The monoisotopic (exact) mass is 219 g/mol. The maximum Gasteiger partial charge on any atom is 0.0948 e. The van der Waals surface area contributed by atoms with Crippen LogP contribution in [0.1, 0.15) is 19.5 Å². The Bertz CT molecular complexity index is 443. The highest BCUT2D eigenvalue weighted by atomic mass is 15.3. The summed E-state index contributed by atoms with van der Waals surface area (Å²) in [7, 11) is 0. The fourth-order valence-electron chi connectivity index (χ4n) is 1.60. The average Bonchev–Trinajstić information content (AvgIpc) is 2.94. The lowest BCUT2D eigenvalue weighted by atomic mass is 10.4. The van der Waals surface area contributed by atoms with Crippen LogP contribution in [-0.4, -0.2) is 19.3 Å². The molecule has 2 aromatic heterocycles. The zero-order chi connectivity index (χ0) is 11.4. The van der Waals surface area contributed by atoms with Crippen molar-refractivity contribution in [2.75, 3.05) is 5.32 Å². The number of hydrogen-bond acceptors (Lipinski definition) is 3. The van der Waals surface area contributed by atoms with Gasteiger partial charge in [-0.15, -0.1) is 0 Å². The lowest BCUT2D eigenvalue weighted by molar-refractivity contribution is 0.660. The molecule has 0 amide bonds. The van der Waals surface area contributed by atoms with E-state index >= 15 is 0 Å². The Morgan fingerprint density at radius 3 is 2.81 bits per heavy atom. The predicted octanol–water partition coefficient (Wildman–Crippen LogP) is 1.73. The van der Waals surface area contributed by atoms with Crippen LogP contribution in [0.15, 0.2) is 24.9 Å². The smallest absolute Gasteiger partial charge is 0.0948 e. The highest BCUT2D eigenvalue weighted by Crippen LogP contribution is 2.07. The molecule has 0 aliphatic rings. The van der Waals surface area contributed by atoms with E-state index in [-0.39, 0.29) is 0 Å². The SMILES string of the molecule is CCn1cc(NCc2cncn2CC)cn1. The maximum atomic E-state index is 4.21. The second-order valence-electron chi connectivity index (χ2n) is 3.61. The van der Waals surface area contributed by atoms with Crippen molar-refractivity contribution in [3.63, 3.8) is 0 Å². The molecule has 0 aromatic carbocycles. The fraction of sp³-hybridized carbons (Fsp3) is 0.455. The molecule has 86 valence electrons. The molecule has 0 saturated carbocycles. The van der Waals surface area contributed by atoms with E-state index < -0.39 is 0 Å². The summed E-state index contributed by atoms with van der Waals surface area (Å²) in [5, 5.41) is 7.54. The maximum absolute atomic E-state index is 4.21. The Balaban J connectivity index is 1.96. The van der Waals surface area contributed by atoms with Crippen molar-refractivity contribution in [2.45, 2.75) is 33.5 Å². The number of nitrogens with zero attached hydrogens (tertiary/aromatic N) is 4. The standard InChI is InChI=1S/C11H17N5/c1-3-15-9-12-6-11(15)7-13-10-5-14-16(4-2)8-10/h5-6,8-9,13H,3-4,7H2,1-2H3. The van der Waals surface area contributed by atoms with Crippen molar-refractivity contribution < 1.29 is 0 Å². The minimum atomic E-state index is 0.781. The Labute approximate surface area is 95.1 Å². The first kappa shape index (κ1) is 10.7. The summed E-state index contributed by atoms with van der Waals surface area (Å²) in [6.45, 7) is 6.81. The second-order valence-corrected chi connectivity index (χ2v) is 3.61. The van der Waals surface area contributed by atoms with Gasteiger partial charge in [0.25, 0.3) is 0 Å². The van der Waals surface area contributed by atoms with Gasteiger partial charge in [0.1, 0.15) is 0 Å². The first-order valence-corrected chi connectivity index (χ1v) is 5.58. The van der Waals surface area contributed by atoms with E-state index in [2.05, 4.69) is 33.8 Å². The first-order valence-electron chi connectivity index (χ1n) is 5.58. The summed E-state index contributed by atoms with van der Waals surface area (Å²) >= 11 is 0. The van der Waals surface area contributed by atoms with E-state index in [0.717, 1.165) is 25.3 Å². The highest BCUT2D eigenvalue weighted by Gasteiger charge is 2.01. The van der Waals surface area contributed by atoms with E-state index in [1.165, 1.54) is 5.69 Å². The van der Waals surface area contributed by atoms with Crippen LogP contribution in [0.25, 0.3) is 0 Å². The Kier molecular flexibility index (Phi) is 3.24. The molecule has 2 rings (SSSR count). The van der Waals surface area contributed by atoms with Crippen molar-refractivity contribution in [3.8, 4) is 0 Å². The summed E-state index contributed by atoms with van der Waals surface area (Å²) in [5.41, 5.74) is 2.23. The van der Waals surface area contributed by atoms with Crippen molar-refractivity contribution in [1.29, 1.82) is 0 Å². The number of anilines is 1. The van der Waals surface area contributed by atoms with Gasteiger partial charge < -0.3 is 9.88 Å². The second kappa shape index (κ2) is 4.83. The number of rotatable bonds is 5. The van der Waals surface area contributed by atoms with Crippen molar-refractivity contribution in [2.24, 2.45) is 0 Å². The van der Waals surface area contributed by atoms with Crippen molar-refractivity contribution in [1.82, 2.24) is 19.3 Å². The topological polar surface area (TPSA) is 47.7 Å². The van der Waals surface area contributed by atoms with Crippen LogP contribution in [0.2, 0.25) is 0 Å². The lowest BCUT2D eigenvalue weighted by Gasteiger charge is -2.05. The molecule has 0 bridgehead atoms. The zero-order valence-electron chi connectivity index (χ0n) is 9.72. The Hall–Kier alpha value is -1.78. The molecule has 5 heteroatoms. The normalized spacial score (nSPS) is 10.6. The van der Waals surface area contributed by atoms with Gasteiger partial charge in [-0.05, 0) is 13.8 Å². The third kappa shape index (κ3) is 2.24. The average molecular weight is 219 g/mol. The van der Waals surface area contributed by atoms with Gasteiger partial charge in [0.05, 0.1) is 30.5 Å². The molecule has 0 aliphatic carbocycles. The molecule has 1 N–H and O–H groups in total. The van der Waals surface area contributed by atoms with Gasteiger partial charge >= 0.3 is 0 Å². The molecular weight excluding hydrogens is 202 g/mol. The van der Waals surface area contributed by atoms with Crippen LogP contribution in [-0.2, 0) is 19.6 Å². The molecule has 0 atom stereocenters. The number of aryl methyl sites for hydroxylation is 2. The van der Waals surface area contributed by atoms with Gasteiger partial charge in [0.2, 0.25) is 0 Å². The molecule has 0 fully saturated rings. The molecule has 0 aliphatic heterocycles. The van der Waals surface area contributed by atoms with Crippen LogP contribution in [0.3, 0.4) is 0 Å². The summed E-state index contributed by atoms with van der Waals surface area (Å²) in [6, 6.07) is 0. The third-order valence-electron chi connectivity index (χ3n) is 2.57. The molecule has 0 saturated heterocycles. The van der Waals surface area contributed by atoms with E-state index in [0.29, 0.717) is 0 Å². The molecule has 0 unspecified atom stereocenters. The summed E-state index contributed by atoms with van der Waals surface area (Å²) in [4.78, 5) is 4.13. The minimum Gasteiger partial charge on any atom is -0.377 e. The summed E-state index contributed by atoms with van der Waals surface area (Å²) in [5.74, 6) is 0. The summed E-state index contributed by atoms with van der Waals surface area (Å²) in [6.07, 6.45) is 7.59. The molecule has 5 nitrogen and oxygen atoms in total. The largest absolute Gasteiger partial charge is 0.377 e. The van der Waals surface area contributed by atoms with Gasteiger partial charge in [0, 0.05) is 25.5 Å². The number of aromatic nitrogens is 4. The molecule has 2 aromatic rings. The number of nitrogens with one attached hydrogen (secondary N) is 1. The van der Waals surface area contributed by atoms with Crippen molar-refractivity contribution >= 4 is 5.69 Å². The van der Waals surface area contributed by atoms with Crippen molar-refractivity contribution in [3.05, 3.63) is 30.6 Å². The molecule has 16 heavy (non-hydrogen) atoms. The quantitative estimate of drug-likeness (QED) is 0.833. The molecular formula is C11H17N5. The van der Waals surface area contributed by atoms with E-state index in [1.807, 2.05) is 29.6 Å². The highest BCUT2D eigenvalue weighted by molar-refractivity contribution is 5.38.